The lowest BCUT2D eigenvalue weighted by Gasteiger charge is -2.32. The van der Waals surface area contributed by atoms with Gasteiger partial charge in [0.05, 0.1) is 7.11 Å². The number of rotatable bonds is 7. The Kier molecular flexibility index (Phi) is 6.78. The Labute approximate surface area is 140 Å². The molecule has 1 aromatic rings. The zero-order valence-corrected chi connectivity index (χ0v) is 14.1. The molecular formula is C17H24F2N2O3. The summed E-state index contributed by atoms with van der Waals surface area (Å²) in [5, 5.41) is 3.34. The van der Waals surface area contributed by atoms with Crippen LogP contribution in [0.5, 0.6) is 11.5 Å². The van der Waals surface area contributed by atoms with Gasteiger partial charge in [0, 0.05) is 18.7 Å². The molecule has 1 aromatic carbocycles. The highest BCUT2D eigenvalue weighted by Gasteiger charge is 2.24. The van der Waals surface area contributed by atoms with E-state index in [0.29, 0.717) is 24.6 Å². The number of alkyl halides is 2. The molecule has 0 saturated carbocycles. The van der Waals surface area contributed by atoms with Crippen molar-refractivity contribution in [3.63, 3.8) is 0 Å². The molecular weight excluding hydrogens is 318 g/mol. The third kappa shape index (κ3) is 4.80. The summed E-state index contributed by atoms with van der Waals surface area (Å²) in [7, 11) is 1.36. The van der Waals surface area contributed by atoms with Crippen molar-refractivity contribution < 1.29 is 23.0 Å². The first-order valence-electron chi connectivity index (χ1n) is 8.18. The van der Waals surface area contributed by atoms with Gasteiger partial charge in [-0.3, -0.25) is 4.79 Å². The fourth-order valence-corrected chi connectivity index (χ4v) is 2.87. The fourth-order valence-electron chi connectivity index (χ4n) is 2.87. The molecule has 2 rings (SSSR count). The Hall–Kier alpha value is -1.89. The predicted octanol–water partition coefficient (Wildman–Crippen LogP) is 2.76. The van der Waals surface area contributed by atoms with Crippen LogP contribution in [0.2, 0.25) is 0 Å². The van der Waals surface area contributed by atoms with E-state index in [-0.39, 0.29) is 17.4 Å². The van der Waals surface area contributed by atoms with Crippen LogP contribution in [0.25, 0.3) is 0 Å². The lowest BCUT2D eigenvalue weighted by molar-refractivity contribution is -0.0512. The highest BCUT2D eigenvalue weighted by molar-refractivity contribution is 5.95. The molecule has 1 amide bonds. The van der Waals surface area contributed by atoms with E-state index in [1.807, 2.05) is 0 Å². The van der Waals surface area contributed by atoms with Crippen molar-refractivity contribution >= 4 is 5.91 Å². The van der Waals surface area contributed by atoms with Crippen LogP contribution in [0.1, 0.15) is 30.1 Å². The lowest BCUT2D eigenvalue weighted by Crippen LogP contribution is -2.40. The van der Waals surface area contributed by atoms with Gasteiger partial charge in [-0.1, -0.05) is 6.92 Å². The zero-order chi connectivity index (χ0) is 17.5. The second kappa shape index (κ2) is 8.82. The normalized spacial score (nSPS) is 15.6. The Morgan fingerprint density at radius 2 is 2.04 bits per heavy atom. The minimum Gasteiger partial charge on any atom is -0.493 e. The maximum atomic E-state index is 12.6. The molecule has 1 aliphatic rings. The highest BCUT2D eigenvalue weighted by atomic mass is 19.3. The van der Waals surface area contributed by atoms with Crippen molar-refractivity contribution in [2.45, 2.75) is 26.4 Å². The summed E-state index contributed by atoms with van der Waals surface area (Å²) in [4.78, 5) is 14.4. The number of carbonyl (C=O) groups is 1. The SMILES string of the molecule is CCNCC1CCN(C(=O)c2ccc(OC(F)F)c(OC)c2)CC1. The number of piperidine rings is 1. The topological polar surface area (TPSA) is 50.8 Å². The number of carbonyl (C=O) groups excluding carboxylic acids is 1. The van der Waals surface area contributed by atoms with Crippen LogP contribution >= 0.6 is 0 Å². The minimum atomic E-state index is -2.93. The quantitative estimate of drug-likeness (QED) is 0.828. The van der Waals surface area contributed by atoms with Gasteiger partial charge in [0.25, 0.3) is 5.91 Å². The summed E-state index contributed by atoms with van der Waals surface area (Å²) in [5.74, 6) is 0.528. The molecule has 1 fully saturated rings. The van der Waals surface area contributed by atoms with Gasteiger partial charge < -0.3 is 19.7 Å². The standard InChI is InChI=1S/C17H24F2N2O3/c1-3-20-11-12-6-8-21(9-7-12)16(22)13-4-5-14(24-17(18)19)15(10-13)23-2/h4-5,10,12,17,20H,3,6-9,11H2,1-2H3. The molecule has 0 aromatic heterocycles. The molecule has 5 nitrogen and oxygen atoms in total. The summed E-state index contributed by atoms with van der Waals surface area (Å²) >= 11 is 0. The number of methoxy groups -OCH3 is 1. The first kappa shape index (κ1) is 18.4. The maximum Gasteiger partial charge on any atom is 0.387 e. The largest absolute Gasteiger partial charge is 0.493 e. The van der Waals surface area contributed by atoms with E-state index in [4.69, 9.17) is 4.74 Å². The van der Waals surface area contributed by atoms with Crippen LogP contribution in [-0.2, 0) is 0 Å². The maximum absolute atomic E-state index is 12.6. The van der Waals surface area contributed by atoms with Gasteiger partial charge in [0.2, 0.25) is 0 Å². The molecule has 0 unspecified atom stereocenters. The van der Waals surface area contributed by atoms with E-state index < -0.39 is 6.61 Å². The van der Waals surface area contributed by atoms with E-state index in [0.717, 1.165) is 25.9 Å². The van der Waals surface area contributed by atoms with Gasteiger partial charge in [-0.15, -0.1) is 0 Å². The Morgan fingerprint density at radius 1 is 1.33 bits per heavy atom. The number of benzene rings is 1. The van der Waals surface area contributed by atoms with Crippen molar-refractivity contribution in [3.8, 4) is 11.5 Å². The number of halogens is 2. The zero-order valence-electron chi connectivity index (χ0n) is 14.1. The molecule has 0 radical (unpaired) electrons. The monoisotopic (exact) mass is 342 g/mol. The molecule has 0 atom stereocenters. The number of hydrogen-bond donors (Lipinski definition) is 1. The van der Waals surface area contributed by atoms with Crippen molar-refractivity contribution in [3.05, 3.63) is 23.8 Å². The second-order valence-corrected chi connectivity index (χ2v) is 5.79. The second-order valence-electron chi connectivity index (χ2n) is 5.79. The van der Waals surface area contributed by atoms with Crippen LogP contribution < -0.4 is 14.8 Å². The third-order valence-corrected chi connectivity index (χ3v) is 4.21. The summed E-state index contributed by atoms with van der Waals surface area (Å²) < 4.78 is 34.1. The predicted molar refractivity (Wildman–Crippen MR) is 86.8 cm³/mol. The van der Waals surface area contributed by atoms with Gasteiger partial charge in [-0.2, -0.15) is 8.78 Å². The molecule has 1 saturated heterocycles. The van der Waals surface area contributed by atoms with E-state index in [9.17, 15) is 13.6 Å². The van der Waals surface area contributed by atoms with E-state index in [1.165, 1.54) is 25.3 Å². The third-order valence-electron chi connectivity index (χ3n) is 4.21. The lowest BCUT2D eigenvalue weighted by atomic mass is 9.96. The van der Waals surface area contributed by atoms with Gasteiger partial charge in [-0.25, -0.2) is 0 Å². The minimum absolute atomic E-state index is 0.0756. The summed E-state index contributed by atoms with van der Waals surface area (Å²) in [6.45, 7) is 2.47. The summed E-state index contributed by atoms with van der Waals surface area (Å²) in [5.41, 5.74) is 0.415. The van der Waals surface area contributed by atoms with E-state index in [1.54, 1.807) is 4.90 Å². The van der Waals surface area contributed by atoms with Crippen LogP contribution in [0.4, 0.5) is 8.78 Å². The number of nitrogens with one attached hydrogen (secondary N) is 1. The molecule has 24 heavy (non-hydrogen) atoms. The smallest absolute Gasteiger partial charge is 0.387 e. The molecule has 1 aliphatic heterocycles. The molecule has 0 spiro atoms. The number of ether oxygens (including phenoxy) is 2. The summed E-state index contributed by atoms with van der Waals surface area (Å²) in [6.07, 6.45) is 1.92. The first-order chi connectivity index (χ1) is 11.5. The Morgan fingerprint density at radius 3 is 2.62 bits per heavy atom. The van der Waals surface area contributed by atoms with Crippen molar-refractivity contribution in [1.29, 1.82) is 0 Å². The van der Waals surface area contributed by atoms with Crippen LogP contribution in [0, 0.1) is 5.92 Å². The van der Waals surface area contributed by atoms with Crippen molar-refractivity contribution in [2.75, 3.05) is 33.3 Å². The van der Waals surface area contributed by atoms with E-state index in [2.05, 4.69) is 17.0 Å². The van der Waals surface area contributed by atoms with Gasteiger partial charge in [0.15, 0.2) is 11.5 Å². The average Bonchev–Trinajstić information content (AvgIpc) is 2.59. The van der Waals surface area contributed by atoms with Gasteiger partial charge in [-0.05, 0) is 50.0 Å². The molecule has 1 heterocycles. The highest BCUT2D eigenvalue weighted by Crippen LogP contribution is 2.30. The number of nitrogens with zero attached hydrogens (tertiary/aromatic N) is 1. The molecule has 134 valence electrons. The van der Waals surface area contributed by atoms with Crippen LogP contribution in [0.3, 0.4) is 0 Å². The first-order valence-corrected chi connectivity index (χ1v) is 8.18. The Bertz CT molecular complexity index is 547. The molecule has 0 aliphatic carbocycles. The number of hydrogen-bond acceptors (Lipinski definition) is 4. The fraction of sp³-hybridized carbons (Fsp3) is 0.588. The van der Waals surface area contributed by atoms with Gasteiger partial charge >= 0.3 is 6.61 Å². The molecule has 7 heteroatoms. The number of amides is 1. The summed E-state index contributed by atoms with van der Waals surface area (Å²) in [6, 6.07) is 4.29. The number of likely N-dealkylation sites (tertiary alicyclic amines) is 1. The average molecular weight is 342 g/mol. The van der Waals surface area contributed by atoms with Crippen LogP contribution in [-0.4, -0.2) is 50.7 Å². The van der Waals surface area contributed by atoms with Crippen molar-refractivity contribution in [2.24, 2.45) is 5.92 Å². The van der Waals surface area contributed by atoms with Gasteiger partial charge in [0.1, 0.15) is 0 Å². The van der Waals surface area contributed by atoms with Crippen molar-refractivity contribution in [1.82, 2.24) is 10.2 Å². The van der Waals surface area contributed by atoms with Crippen LogP contribution in [0.15, 0.2) is 18.2 Å². The Balaban J connectivity index is 2.00. The molecule has 0 bridgehead atoms. The molecule has 1 N–H and O–H groups in total. The van der Waals surface area contributed by atoms with E-state index >= 15 is 0 Å².